The van der Waals surface area contributed by atoms with Gasteiger partial charge in [0.2, 0.25) is 5.88 Å². The summed E-state index contributed by atoms with van der Waals surface area (Å²) in [6, 6.07) is 17.3. The highest BCUT2D eigenvalue weighted by molar-refractivity contribution is 5.84. The van der Waals surface area contributed by atoms with E-state index in [1.165, 1.54) is 0 Å². The van der Waals surface area contributed by atoms with Gasteiger partial charge in [0, 0.05) is 28.3 Å². The molecule has 8 nitrogen and oxygen atoms in total. The van der Waals surface area contributed by atoms with Crippen LogP contribution in [-0.2, 0) is 0 Å². The third-order valence-corrected chi connectivity index (χ3v) is 4.76. The fourth-order valence-corrected chi connectivity index (χ4v) is 3.57. The van der Waals surface area contributed by atoms with E-state index in [0.717, 1.165) is 22.0 Å². The maximum Gasteiger partial charge on any atom is 0.205 e. The van der Waals surface area contributed by atoms with Crippen LogP contribution in [0.4, 0.5) is 5.69 Å². The maximum atomic E-state index is 9.76. The van der Waals surface area contributed by atoms with Crippen molar-refractivity contribution in [2.45, 2.75) is 5.92 Å². The van der Waals surface area contributed by atoms with Crippen LogP contribution in [0.2, 0.25) is 0 Å². The van der Waals surface area contributed by atoms with Crippen molar-refractivity contribution in [1.29, 1.82) is 5.26 Å². The molecule has 27 heavy (non-hydrogen) atoms. The van der Waals surface area contributed by atoms with Crippen LogP contribution in [0.25, 0.3) is 16.6 Å². The molecule has 0 saturated carbocycles. The molecule has 1 aliphatic rings. The molecular weight excluding hydrogens is 342 g/mol. The van der Waals surface area contributed by atoms with E-state index in [1.54, 1.807) is 16.6 Å². The van der Waals surface area contributed by atoms with Gasteiger partial charge >= 0.3 is 0 Å². The Hall–Kier alpha value is -4.12. The average molecular weight is 355 g/mol. The molecule has 0 saturated heterocycles. The third-order valence-electron chi connectivity index (χ3n) is 4.76. The van der Waals surface area contributed by atoms with E-state index in [9.17, 15) is 5.26 Å². The van der Waals surface area contributed by atoms with Crippen molar-refractivity contribution in [3.05, 3.63) is 71.1 Å². The Bertz CT molecular complexity index is 1300. The Labute approximate surface area is 153 Å². The number of hydrogen-bond donors (Lipinski definition) is 2. The van der Waals surface area contributed by atoms with Crippen molar-refractivity contribution < 1.29 is 4.74 Å². The smallest absolute Gasteiger partial charge is 0.205 e. The highest BCUT2D eigenvalue weighted by Gasteiger charge is 2.33. The van der Waals surface area contributed by atoms with E-state index in [-0.39, 0.29) is 5.88 Å². The van der Waals surface area contributed by atoms with Crippen LogP contribution in [-0.4, -0.2) is 20.0 Å². The summed E-state index contributed by atoms with van der Waals surface area (Å²) in [4.78, 5) is 0. The summed E-state index contributed by atoms with van der Waals surface area (Å²) in [5, 5.41) is 22.8. The molecule has 4 aromatic rings. The molecular formula is C19H13N7O. The monoisotopic (exact) mass is 355 g/mol. The first-order chi connectivity index (χ1) is 13.2. The quantitative estimate of drug-likeness (QED) is 0.500. The number of fused-ring (bicyclic) bond motifs is 4. The zero-order chi connectivity index (χ0) is 18.5. The number of ether oxygens (including phenoxy) is 1. The molecule has 0 spiro atoms. The average Bonchev–Trinajstić information content (AvgIpc) is 3.16. The number of nitrogen functional groups attached to an aromatic ring is 1. The molecule has 0 fully saturated rings. The Kier molecular flexibility index (Phi) is 3.05. The normalized spacial score (nSPS) is 16.2. The van der Waals surface area contributed by atoms with E-state index in [1.807, 2.05) is 36.4 Å². The van der Waals surface area contributed by atoms with Crippen LogP contribution in [0.1, 0.15) is 17.0 Å². The summed E-state index contributed by atoms with van der Waals surface area (Å²) in [5.41, 5.74) is 15.8. The second-order valence-corrected chi connectivity index (χ2v) is 6.29. The van der Waals surface area contributed by atoms with Crippen molar-refractivity contribution in [3.8, 4) is 11.8 Å². The van der Waals surface area contributed by atoms with Gasteiger partial charge in [-0.05, 0) is 28.6 Å². The first kappa shape index (κ1) is 15.2. The number of anilines is 1. The van der Waals surface area contributed by atoms with Crippen LogP contribution < -0.4 is 16.2 Å². The van der Waals surface area contributed by atoms with Gasteiger partial charge in [0.1, 0.15) is 17.4 Å². The van der Waals surface area contributed by atoms with Gasteiger partial charge in [-0.25, -0.2) is 0 Å². The number of nitrogens with zero attached hydrogens (tertiary/aromatic N) is 5. The zero-order valence-electron chi connectivity index (χ0n) is 14.0. The fourth-order valence-electron chi connectivity index (χ4n) is 3.57. The number of para-hydroxylation sites is 1. The van der Waals surface area contributed by atoms with E-state index in [2.05, 4.69) is 21.6 Å². The van der Waals surface area contributed by atoms with Gasteiger partial charge in [-0.1, -0.05) is 24.3 Å². The Morgan fingerprint density at radius 3 is 2.78 bits per heavy atom. The predicted octanol–water partition coefficient (Wildman–Crippen LogP) is 2.08. The Morgan fingerprint density at radius 1 is 1.07 bits per heavy atom. The molecule has 3 heterocycles. The maximum absolute atomic E-state index is 9.76. The minimum atomic E-state index is -0.461. The van der Waals surface area contributed by atoms with Crippen LogP contribution in [0, 0.1) is 11.3 Å². The minimum Gasteiger partial charge on any atom is -0.440 e. The summed E-state index contributed by atoms with van der Waals surface area (Å²) < 4.78 is 7.31. The molecule has 1 unspecified atom stereocenters. The SMILES string of the molecule is N#CC1=C(N)Oc2cc(N)ccc2C1c1cc2ccccc2n2nnnc12. The number of pyridine rings is 1. The first-order valence-corrected chi connectivity index (χ1v) is 8.24. The lowest BCUT2D eigenvalue weighted by atomic mass is 9.83. The van der Waals surface area contributed by atoms with Crippen LogP contribution in [0.15, 0.2) is 60.0 Å². The van der Waals surface area contributed by atoms with Gasteiger partial charge in [0.05, 0.1) is 11.4 Å². The summed E-state index contributed by atoms with van der Waals surface area (Å²) >= 11 is 0. The summed E-state index contributed by atoms with van der Waals surface area (Å²) in [6.45, 7) is 0. The molecule has 0 bridgehead atoms. The molecule has 0 aliphatic carbocycles. The van der Waals surface area contributed by atoms with Crippen LogP contribution in [0.5, 0.6) is 5.75 Å². The number of aromatic nitrogens is 4. The van der Waals surface area contributed by atoms with Gasteiger partial charge in [0.15, 0.2) is 5.65 Å². The topological polar surface area (TPSA) is 128 Å². The van der Waals surface area contributed by atoms with Crippen LogP contribution in [0.3, 0.4) is 0 Å². The summed E-state index contributed by atoms with van der Waals surface area (Å²) in [7, 11) is 0. The van der Waals surface area contributed by atoms with Gasteiger partial charge in [0.25, 0.3) is 0 Å². The van der Waals surface area contributed by atoms with Gasteiger partial charge in [-0.3, -0.25) is 0 Å². The van der Waals surface area contributed by atoms with E-state index < -0.39 is 5.92 Å². The number of hydrogen-bond acceptors (Lipinski definition) is 7. The number of benzene rings is 2. The molecule has 130 valence electrons. The first-order valence-electron chi connectivity index (χ1n) is 8.24. The van der Waals surface area contributed by atoms with E-state index >= 15 is 0 Å². The minimum absolute atomic E-state index is 0.0550. The highest BCUT2D eigenvalue weighted by Crippen LogP contribution is 2.44. The van der Waals surface area contributed by atoms with Crippen molar-refractivity contribution >= 4 is 22.2 Å². The molecule has 4 N–H and O–H groups in total. The molecule has 5 rings (SSSR count). The molecule has 2 aromatic carbocycles. The Balaban J connectivity index is 1.88. The van der Waals surface area contributed by atoms with Gasteiger partial charge in [-0.15, -0.1) is 5.10 Å². The predicted molar refractivity (Wildman–Crippen MR) is 98.4 cm³/mol. The number of nitriles is 1. The molecule has 0 amide bonds. The van der Waals surface area contributed by atoms with E-state index in [0.29, 0.717) is 22.7 Å². The highest BCUT2D eigenvalue weighted by atomic mass is 16.5. The standard InChI is InChI=1S/C19H13N7O/c20-9-14-17(12-6-5-11(21)8-16(12)27-18(14)22)13-7-10-3-1-2-4-15(10)26-19(13)23-24-25-26/h1-8,17H,21-22H2. The van der Waals surface area contributed by atoms with Crippen LogP contribution >= 0.6 is 0 Å². The number of allylic oxidation sites excluding steroid dienone is 1. The van der Waals surface area contributed by atoms with Crippen molar-refractivity contribution in [3.63, 3.8) is 0 Å². The molecule has 0 radical (unpaired) electrons. The van der Waals surface area contributed by atoms with Crippen molar-refractivity contribution in [2.75, 3.05) is 5.73 Å². The largest absolute Gasteiger partial charge is 0.440 e. The lowest BCUT2D eigenvalue weighted by Crippen LogP contribution is -2.21. The van der Waals surface area contributed by atoms with Crippen molar-refractivity contribution in [1.82, 2.24) is 20.0 Å². The number of tetrazole rings is 1. The lowest BCUT2D eigenvalue weighted by molar-refractivity contribution is 0.394. The molecule has 2 aromatic heterocycles. The Morgan fingerprint density at radius 2 is 1.93 bits per heavy atom. The number of rotatable bonds is 1. The molecule has 8 heteroatoms. The van der Waals surface area contributed by atoms with Crippen molar-refractivity contribution in [2.24, 2.45) is 5.73 Å². The molecule has 1 aliphatic heterocycles. The summed E-state index contributed by atoms with van der Waals surface area (Å²) in [5.74, 6) is 0.118. The second kappa shape index (κ2) is 5.44. The van der Waals surface area contributed by atoms with E-state index in [4.69, 9.17) is 16.2 Å². The van der Waals surface area contributed by atoms with Gasteiger partial charge < -0.3 is 16.2 Å². The second-order valence-electron chi connectivity index (χ2n) is 6.29. The lowest BCUT2D eigenvalue weighted by Gasteiger charge is -2.26. The summed E-state index contributed by atoms with van der Waals surface area (Å²) in [6.07, 6.45) is 0. The fraction of sp³-hybridized carbons (Fsp3) is 0.0526. The number of nitrogens with two attached hydrogens (primary N) is 2. The zero-order valence-corrected chi connectivity index (χ0v) is 14.0. The molecule has 1 atom stereocenters. The third kappa shape index (κ3) is 2.12. The van der Waals surface area contributed by atoms with Gasteiger partial charge in [-0.2, -0.15) is 9.78 Å².